The Kier molecular flexibility index (Phi) is 18.9. The Morgan fingerprint density at radius 1 is 0.676 bits per heavy atom. The van der Waals surface area contributed by atoms with E-state index in [4.69, 9.17) is 9.94 Å². The first-order valence-corrected chi connectivity index (χ1v) is 16.3. The van der Waals surface area contributed by atoms with Gasteiger partial charge in [-0.2, -0.15) is 5.06 Å². The highest BCUT2D eigenvalue weighted by Gasteiger charge is 2.46. The van der Waals surface area contributed by atoms with Crippen molar-refractivity contribution < 1.29 is 14.7 Å². The van der Waals surface area contributed by atoms with Crippen LogP contribution < -0.4 is 0 Å². The minimum atomic E-state index is -0.654. The van der Waals surface area contributed by atoms with Crippen molar-refractivity contribution >= 4 is 5.97 Å². The molecule has 4 nitrogen and oxygen atoms in total. The van der Waals surface area contributed by atoms with E-state index in [0.29, 0.717) is 6.42 Å². The summed E-state index contributed by atoms with van der Waals surface area (Å²) in [5.74, 6) is 0.174. The summed E-state index contributed by atoms with van der Waals surface area (Å²) in [6, 6.07) is 0. The molecular weight excluding hydrogens is 458 g/mol. The highest BCUT2D eigenvalue weighted by atomic mass is 16.7. The fraction of sp³-hybridized carbons (Fsp3) is 0.970. The Labute approximate surface area is 231 Å². The summed E-state index contributed by atoms with van der Waals surface area (Å²) in [6.45, 7) is 12.7. The molecule has 1 N–H and O–H groups in total. The highest BCUT2D eigenvalue weighted by molar-refractivity contribution is 5.66. The first-order valence-electron chi connectivity index (χ1n) is 16.3. The third-order valence-electron chi connectivity index (χ3n) is 8.40. The Hall–Kier alpha value is -0.610. The maximum Gasteiger partial charge on any atom is 0.303 e. The van der Waals surface area contributed by atoms with Gasteiger partial charge in [0.15, 0.2) is 0 Å². The lowest BCUT2D eigenvalue weighted by atomic mass is 9.73. The summed E-state index contributed by atoms with van der Waals surface area (Å²) in [4.78, 5) is 16.9. The third-order valence-corrected chi connectivity index (χ3v) is 8.40. The molecule has 0 saturated carbocycles. The Balaban J connectivity index is 1.99. The first-order chi connectivity index (χ1) is 17.7. The molecule has 0 bridgehead atoms. The zero-order chi connectivity index (χ0) is 27.4. The number of nitrogens with zero attached hydrogens (tertiary/aromatic N) is 1. The lowest BCUT2D eigenvalue weighted by Gasteiger charge is -2.54. The van der Waals surface area contributed by atoms with Gasteiger partial charge in [0.05, 0.1) is 6.61 Å². The molecule has 1 heterocycles. The summed E-state index contributed by atoms with van der Waals surface area (Å²) in [7, 11) is 0. The third kappa shape index (κ3) is 16.9. The van der Waals surface area contributed by atoms with Crippen LogP contribution in [0.25, 0.3) is 0 Å². The van der Waals surface area contributed by atoms with E-state index in [-0.39, 0.29) is 11.1 Å². The fourth-order valence-electron chi connectivity index (χ4n) is 6.72. The number of carboxylic acid groups (broad SMARTS) is 1. The van der Waals surface area contributed by atoms with Crippen molar-refractivity contribution in [3.8, 4) is 0 Å². The molecule has 0 aromatic rings. The first kappa shape index (κ1) is 34.4. The molecule has 1 aliphatic heterocycles. The lowest BCUT2D eigenvalue weighted by Crippen LogP contribution is -2.60. The second-order valence-corrected chi connectivity index (χ2v) is 13.3. The molecule has 1 fully saturated rings. The van der Waals surface area contributed by atoms with Crippen LogP contribution in [-0.2, 0) is 9.63 Å². The second kappa shape index (κ2) is 20.3. The zero-order valence-corrected chi connectivity index (χ0v) is 25.8. The normalized spacial score (nSPS) is 17.9. The van der Waals surface area contributed by atoms with Gasteiger partial charge in [0.1, 0.15) is 0 Å². The molecule has 0 radical (unpaired) electrons. The van der Waals surface area contributed by atoms with Gasteiger partial charge in [0.2, 0.25) is 0 Å². The fourth-order valence-corrected chi connectivity index (χ4v) is 6.72. The van der Waals surface area contributed by atoms with Gasteiger partial charge in [-0.25, -0.2) is 0 Å². The molecule has 37 heavy (non-hydrogen) atoms. The summed E-state index contributed by atoms with van der Waals surface area (Å²) in [5.41, 5.74) is 0.248. The van der Waals surface area contributed by atoms with Crippen LogP contribution >= 0.6 is 0 Å². The van der Waals surface area contributed by atoms with Gasteiger partial charge in [-0.05, 0) is 59.3 Å². The van der Waals surface area contributed by atoms with E-state index in [9.17, 15) is 4.79 Å². The molecule has 220 valence electrons. The molecule has 1 saturated heterocycles. The lowest BCUT2D eigenvalue weighted by molar-refractivity contribution is -0.288. The number of piperidine rings is 1. The Morgan fingerprint density at radius 3 is 1.51 bits per heavy atom. The number of carbonyl (C=O) groups is 1. The van der Waals surface area contributed by atoms with E-state index >= 15 is 0 Å². The molecule has 1 aliphatic rings. The molecule has 0 aromatic carbocycles. The van der Waals surface area contributed by atoms with Crippen LogP contribution in [0.5, 0.6) is 0 Å². The Morgan fingerprint density at radius 2 is 1.08 bits per heavy atom. The smallest absolute Gasteiger partial charge is 0.303 e. The maximum absolute atomic E-state index is 10.5. The number of hydrogen-bond acceptors (Lipinski definition) is 3. The van der Waals surface area contributed by atoms with E-state index in [1.165, 1.54) is 128 Å². The van der Waals surface area contributed by atoms with Crippen molar-refractivity contribution in [1.82, 2.24) is 5.06 Å². The van der Waals surface area contributed by atoms with Crippen molar-refractivity contribution in [2.75, 3.05) is 6.61 Å². The van der Waals surface area contributed by atoms with E-state index in [0.717, 1.165) is 25.4 Å². The number of unbranched alkanes of at least 4 members (excludes halogenated alkanes) is 17. The van der Waals surface area contributed by atoms with Crippen LogP contribution in [0.15, 0.2) is 0 Å². The summed E-state index contributed by atoms with van der Waals surface area (Å²) < 4.78 is 0. The predicted molar refractivity (Wildman–Crippen MR) is 159 cm³/mol. The number of hydroxylamine groups is 2. The summed E-state index contributed by atoms with van der Waals surface area (Å²) in [6.07, 6.45) is 29.0. The molecule has 0 aliphatic carbocycles. The van der Waals surface area contributed by atoms with Crippen molar-refractivity contribution in [2.45, 2.75) is 193 Å². The molecular formula is C33H65NO3. The molecule has 0 amide bonds. The van der Waals surface area contributed by atoms with E-state index in [1.807, 2.05) is 0 Å². The van der Waals surface area contributed by atoms with Crippen LogP contribution in [-0.4, -0.2) is 33.8 Å². The topological polar surface area (TPSA) is 49.8 Å². The minimum Gasteiger partial charge on any atom is -0.481 e. The SMILES string of the molecule is CCCCCCON1C(C)(C)CC(CCCCCCCCCCCCCCCCCC(=O)O)CC1(C)C. The number of hydrogen-bond donors (Lipinski definition) is 1. The Bertz CT molecular complexity index is 542. The summed E-state index contributed by atoms with van der Waals surface area (Å²) >= 11 is 0. The molecule has 0 spiro atoms. The van der Waals surface area contributed by atoms with Gasteiger partial charge in [-0.3, -0.25) is 9.63 Å². The van der Waals surface area contributed by atoms with Gasteiger partial charge < -0.3 is 5.11 Å². The van der Waals surface area contributed by atoms with Crippen molar-refractivity contribution in [3.05, 3.63) is 0 Å². The second-order valence-electron chi connectivity index (χ2n) is 13.3. The van der Waals surface area contributed by atoms with Crippen LogP contribution in [0.1, 0.15) is 182 Å². The number of rotatable bonds is 24. The van der Waals surface area contributed by atoms with Crippen LogP contribution in [0.4, 0.5) is 0 Å². The number of carboxylic acids is 1. The zero-order valence-electron chi connectivity index (χ0n) is 25.8. The van der Waals surface area contributed by atoms with E-state index in [1.54, 1.807) is 0 Å². The number of aliphatic carboxylic acids is 1. The van der Waals surface area contributed by atoms with Gasteiger partial charge in [0.25, 0.3) is 0 Å². The van der Waals surface area contributed by atoms with Crippen molar-refractivity contribution in [1.29, 1.82) is 0 Å². The highest BCUT2D eigenvalue weighted by Crippen LogP contribution is 2.43. The monoisotopic (exact) mass is 523 g/mol. The van der Waals surface area contributed by atoms with Gasteiger partial charge >= 0.3 is 5.97 Å². The van der Waals surface area contributed by atoms with Crippen molar-refractivity contribution in [2.24, 2.45) is 5.92 Å². The van der Waals surface area contributed by atoms with E-state index < -0.39 is 5.97 Å². The molecule has 0 unspecified atom stereocenters. The average Bonchev–Trinajstić information content (AvgIpc) is 2.81. The average molecular weight is 524 g/mol. The molecule has 0 aromatic heterocycles. The van der Waals surface area contributed by atoms with Crippen LogP contribution in [0, 0.1) is 5.92 Å². The summed E-state index contributed by atoms with van der Waals surface area (Å²) in [5, 5.41) is 11.0. The molecule has 0 atom stereocenters. The van der Waals surface area contributed by atoms with Gasteiger partial charge in [-0.1, -0.05) is 122 Å². The minimum absolute atomic E-state index is 0.124. The quantitative estimate of drug-likeness (QED) is 0.128. The maximum atomic E-state index is 10.5. The molecule has 1 rings (SSSR count). The van der Waals surface area contributed by atoms with E-state index in [2.05, 4.69) is 39.7 Å². The largest absolute Gasteiger partial charge is 0.481 e. The van der Waals surface area contributed by atoms with Crippen molar-refractivity contribution in [3.63, 3.8) is 0 Å². The van der Waals surface area contributed by atoms with Gasteiger partial charge in [-0.15, -0.1) is 0 Å². The molecule has 4 heteroatoms. The predicted octanol–water partition coefficient (Wildman–Crippen LogP) is 10.5. The van der Waals surface area contributed by atoms with Gasteiger partial charge in [0, 0.05) is 17.5 Å². The standard InChI is InChI=1S/C33H65NO3/c1-6-7-8-24-27-37-34-32(2,3)28-30(29-33(34,4)5)25-22-20-18-16-14-12-10-9-11-13-15-17-19-21-23-26-31(35)36/h30H,6-29H2,1-5H3,(H,35,36). The van der Waals surface area contributed by atoms with Crippen LogP contribution in [0.3, 0.4) is 0 Å². The van der Waals surface area contributed by atoms with Crippen LogP contribution in [0.2, 0.25) is 0 Å².